The largest absolute Gasteiger partial charge is 0.324 e. The number of hydrogen-bond acceptors (Lipinski definition) is 6. The van der Waals surface area contributed by atoms with E-state index in [4.69, 9.17) is 0 Å². The fraction of sp³-hybridized carbons (Fsp3) is 0.286. The first-order valence-electron chi connectivity index (χ1n) is 9.35. The van der Waals surface area contributed by atoms with E-state index < -0.39 is 23.9 Å². The second-order valence-electron chi connectivity index (χ2n) is 7.31. The fourth-order valence-corrected chi connectivity index (χ4v) is 3.78. The number of imide groups is 1. The van der Waals surface area contributed by atoms with Crippen molar-refractivity contribution in [1.82, 2.24) is 5.01 Å². The van der Waals surface area contributed by atoms with Crippen LogP contribution in [0, 0.1) is 20.8 Å². The number of carbonyl (C=O) groups excluding carboxylic acids is 3. The number of aryl methyl sites for hydroxylation is 3. The van der Waals surface area contributed by atoms with E-state index in [0.717, 1.165) is 16.7 Å². The van der Waals surface area contributed by atoms with Crippen LogP contribution in [0.4, 0.5) is 11.4 Å². The third kappa shape index (κ3) is 3.16. The predicted octanol–water partition coefficient (Wildman–Crippen LogP) is 2.54. The summed E-state index contributed by atoms with van der Waals surface area (Å²) in [6.45, 7) is 5.43. The minimum Gasteiger partial charge on any atom is -0.324 e. The zero-order valence-electron chi connectivity index (χ0n) is 16.4. The Kier molecular flexibility index (Phi) is 4.62. The molecule has 2 atom stereocenters. The third-order valence-corrected chi connectivity index (χ3v) is 5.25. The van der Waals surface area contributed by atoms with Crippen molar-refractivity contribution in [1.29, 1.82) is 0 Å². The Balaban J connectivity index is 1.54. The third-order valence-electron chi connectivity index (χ3n) is 5.25. The number of rotatable bonds is 4. The molecule has 2 aromatic carbocycles. The molecule has 2 aliphatic heterocycles. The number of amides is 3. The highest BCUT2D eigenvalue weighted by Crippen LogP contribution is 2.35. The molecule has 1 saturated heterocycles. The zero-order valence-corrected chi connectivity index (χ0v) is 16.4. The molecule has 4 rings (SSSR count). The molecule has 0 aromatic heterocycles. The van der Waals surface area contributed by atoms with Crippen LogP contribution in [-0.2, 0) is 14.4 Å². The van der Waals surface area contributed by atoms with Gasteiger partial charge in [0.15, 0.2) is 12.1 Å². The molecule has 2 heterocycles. The van der Waals surface area contributed by atoms with Crippen molar-refractivity contribution in [2.45, 2.75) is 32.9 Å². The van der Waals surface area contributed by atoms with Gasteiger partial charge in [0.1, 0.15) is 6.54 Å². The highest BCUT2D eigenvalue weighted by atomic mass is 16.2. The number of hydrogen-bond donors (Lipinski definition) is 1. The molecule has 0 radical (unpaired) electrons. The molecule has 8 heteroatoms. The number of carbonyl (C=O) groups is 3. The van der Waals surface area contributed by atoms with E-state index in [-0.39, 0.29) is 12.5 Å². The SMILES string of the molecule is Cc1ccccc1NC(=O)CN1N=N[C@H]2C(=O)N(c3c(C)cccc3C)C(=O)[C@@H]21. The van der Waals surface area contributed by atoms with Gasteiger partial charge in [-0.3, -0.25) is 19.4 Å². The van der Waals surface area contributed by atoms with E-state index in [2.05, 4.69) is 15.7 Å². The van der Waals surface area contributed by atoms with Gasteiger partial charge >= 0.3 is 0 Å². The van der Waals surface area contributed by atoms with Gasteiger partial charge in [-0.2, -0.15) is 5.11 Å². The molecule has 0 bridgehead atoms. The smallest absolute Gasteiger partial charge is 0.263 e. The second-order valence-corrected chi connectivity index (χ2v) is 7.31. The topological polar surface area (TPSA) is 94.4 Å². The average molecular weight is 391 g/mol. The molecule has 29 heavy (non-hydrogen) atoms. The molecule has 1 fully saturated rings. The zero-order chi connectivity index (χ0) is 20.7. The van der Waals surface area contributed by atoms with Crippen LogP contribution in [0.25, 0.3) is 0 Å². The van der Waals surface area contributed by atoms with E-state index in [1.54, 1.807) is 6.07 Å². The highest BCUT2D eigenvalue weighted by Gasteiger charge is 2.55. The number of fused-ring (bicyclic) bond motifs is 1. The van der Waals surface area contributed by atoms with Crippen LogP contribution < -0.4 is 10.2 Å². The van der Waals surface area contributed by atoms with Crippen LogP contribution in [0.3, 0.4) is 0 Å². The summed E-state index contributed by atoms with van der Waals surface area (Å²) in [7, 11) is 0. The number of benzene rings is 2. The first kappa shape index (κ1) is 18.8. The van der Waals surface area contributed by atoms with Crippen LogP contribution in [0.15, 0.2) is 52.8 Å². The molecule has 0 aliphatic carbocycles. The van der Waals surface area contributed by atoms with Crippen LogP contribution >= 0.6 is 0 Å². The molecule has 2 aliphatic rings. The summed E-state index contributed by atoms with van der Waals surface area (Å²) in [5.41, 5.74) is 3.85. The second kappa shape index (κ2) is 7.12. The molecule has 8 nitrogen and oxygen atoms in total. The Labute approximate surface area is 168 Å². The van der Waals surface area contributed by atoms with Crippen LogP contribution in [0.1, 0.15) is 16.7 Å². The Morgan fingerprint density at radius 3 is 2.31 bits per heavy atom. The van der Waals surface area contributed by atoms with Crippen LogP contribution in [0.2, 0.25) is 0 Å². The number of nitrogens with one attached hydrogen (secondary N) is 1. The van der Waals surface area contributed by atoms with E-state index in [1.807, 2.05) is 57.2 Å². The molecule has 2 aromatic rings. The first-order valence-corrected chi connectivity index (χ1v) is 9.35. The van der Waals surface area contributed by atoms with Gasteiger partial charge in [0.05, 0.1) is 5.69 Å². The summed E-state index contributed by atoms with van der Waals surface area (Å²) in [5, 5.41) is 12.0. The lowest BCUT2D eigenvalue weighted by molar-refractivity contribution is -0.123. The summed E-state index contributed by atoms with van der Waals surface area (Å²) < 4.78 is 0. The lowest BCUT2D eigenvalue weighted by Crippen LogP contribution is -2.43. The molecule has 3 amide bonds. The minimum atomic E-state index is -0.923. The summed E-state index contributed by atoms with van der Waals surface area (Å²) in [5.74, 6) is -1.15. The van der Waals surface area contributed by atoms with Crippen molar-refractivity contribution in [2.75, 3.05) is 16.8 Å². The maximum absolute atomic E-state index is 13.1. The van der Waals surface area contributed by atoms with Crippen molar-refractivity contribution in [3.05, 3.63) is 59.2 Å². The van der Waals surface area contributed by atoms with E-state index >= 15 is 0 Å². The Hall–Kier alpha value is -3.55. The van der Waals surface area contributed by atoms with Gasteiger partial charge in [-0.05, 0) is 43.5 Å². The Bertz CT molecular complexity index is 1030. The van der Waals surface area contributed by atoms with Crippen molar-refractivity contribution >= 4 is 29.1 Å². The first-order chi connectivity index (χ1) is 13.9. The summed E-state index contributed by atoms with van der Waals surface area (Å²) >= 11 is 0. The quantitative estimate of drug-likeness (QED) is 0.811. The van der Waals surface area contributed by atoms with Gasteiger partial charge in [0, 0.05) is 5.69 Å². The lowest BCUT2D eigenvalue weighted by atomic mass is 10.1. The number of nitrogens with zero attached hydrogens (tertiary/aromatic N) is 4. The lowest BCUT2D eigenvalue weighted by Gasteiger charge is -2.22. The summed E-state index contributed by atoms with van der Waals surface area (Å²) in [6.07, 6.45) is 0. The van der Waals surface area contributed by atoms with Gasteiger partial charge < -0.3 is 5.32 Å². The standard InChI is InChI=1S/C21H21N5O3/c1-12-7-4-5-10-15(12)22-16(27)11-25-19-17(23-24-25)20(28)26(21(19)29)18-13(2)8-6-9-14(18)3/h4-10,17,19H,11H2,1-3H3,(H,22,27)/t17-,19-/m1/s1. The van der Waals surface area contributed by atoms with Gasteiger partial charge in [-0.15, -0.1) is 0 Å². The number of para-hydroxylation sites is 2. The van der Waals surface area contributed by atoms with Crippen molar-refractivity contribution in [3.8, 4) is 0 Å². The Morgan fingerprint density at radius 2 is 1.62 bits per heavy atom. The average Bonchev–Trinajstić information content (AvgIpc) is 3.18. The maximum Gasteiger partial charge on any atom is 0.263 e. The molecule has 148 valence electrons. The van der Waals surface area contributed by atoms with Gasteiger partial charge in [0.2, 0.25) is 5.91 Å². The van der Waals surface area contributed by atoms with Crippen molar-refractivity contribution in [3.63, 3.8) is 0 Å². The van der Waals surface area contributed by atoms with E-state index in [1.165, 1.54) is 9.91 Å². The van der Waals surface area contributed by atoms with Crippen molar-refractivity contribution < 1.29 is 14.4 Å². The van der Waals surface area contributed by atoms with E-state index in [9.17, 15) is 14.4 Å². The Morgan fingerprint density at radius 1 is 0.966 bits per heavy atom. The van der Waals surface area contributed by atoms with Gasteiger partial charge in [-0.1, -0.05) is 41.6 Å². The maximum atomic E-state index is 13.1. The molecular weight excluding hydrogens is 370 g/mol. The van der Waals surface area contributed by atoms with Crippen LogP contribution in [0.5, 0.6) is 0 Å². The normalized spacial score (nSPS) is 20.4. The monoisotopic (exact) mass is 391 g/mol. The molecule has 1 N–H and O–H groups in total. The molecule has 0 saturated carbocycles. The van der Waals surface area contributed by atoms with Crippen molar-refractivity contribution in [2.24, 2.45) is 10.3 Å². The molecule has 0 unspecified atom stereocenters. The number of anilines is 2. The van der Waals surface area contributed by atoms with Crippen LogP contribution in [-0.4, -0.2) is 41.4 Å². The fourth-order valence-electron chi connectivity index (χ4n) is 3.78. The molecule has 0 spiro atoms. The highest BCUT2D eigenvalue weighted by molar-refractivity contribution is 6.26. The predicted molar refractivity (Wildman–Crippen MR) is 107 cm³/mol. The van der Waals surface area contributed by atoms with Gasteiger partial charge in [-0.25, -0.2) is 4.90 Å². The summed E-state index contributed by atoms with van der Waals surface area (Å²) in [6, 6.07) is 11.2. The van der Waals surface area contributed by atoms with E-state index in [0.29, 0.717) is 11.4 Å². The van der Waals surface area contributed by atoms with Gasteiger partial charge in [0.25, 0.3) is 11.8 Å². The molecular formula is C21H21N5O3. The summed E-state index contributed by atoms with van der Waals surface area (Å²) in [4.78, 5) is 39.7. The minimum absolute atomic E-state index is 0.168.